The number of hydrogen-bond acceptors (Lipinski definition) is 4. The third-order valence-electron chi connectivity index (χ3n) is 6.00. The van der Waals surface area contributed by atoms with Crippen LogP contribution in [-0.4, -0.2) is 44.3 Å². The lowest BCUT2D eigenvalue weighted by atomic mass is 10.1. The van der Waals surface area contributed by atoms with Gasteiger partial charge in [-0.3, -0.25) is 13.9 Å². The molecule has 0 aliphatic heterocycles. The maximum Gasteiger partial charge on any atom is 0.264 e. The monoisotopic (exact) mass is 577 g/mol. The molecule has 0 bridgehead atoms. The van der Waals surface area contributed by atoms with Crippen molar-refractivity contribution in [3.63, 3.8) is 0 Å². The summed E-state index contributed by atoms with van der Waals surface area (Å²) in [5, 5.41) is 2.47. The Hall–Kier alpha value is -3.50. The van der Waals surface area contributed by atoms with Crippen molar-refractivity contribution >= 4 is 39.1 Å². The van der Waals surface area contributed by atoms with Crippen molar-refractivity contribution in [2.45, 2.75) is 44.2 Å². The molecule has 0 fully saturated rings. The summed E-state index contributed by atoms with van der Waals surface area (Å²) in [5.41, 5.74) is 0.526. The van der Waals surface area contributed by atoms with E-state index in [2.05, 4.69) is 5.32 Å². The van der Waals surface area contributed by atoms with Crippen LogP contribution in [0.2, 0.25) is 5.02 Å². The van der Waals surface area contributed by atoms with E-state index in [0.29, 0.717) is 18.5 Å². The van der Waals surface area contributed by atoms with Gasteiger partial charge in [0, 0.05) is 13.1 Å². The minimum absolute atomic E-state index is 0.0242. The Morgan fingerprint density at radius 3 is 2.23 bits per heavy atom. The van der Waals surface area contributed by atoms with E-state index in [0.717, 1.165) is 16.4 Å². The van der Waals surface area contributed by atoms with Gasteiger partial charge in [-0.25, -0.2) is 17.2 Å². The molecule has 0 spiro atoms. The highest BCUT2D eigenvalue weighted by Gasteiger charge is 2.33. The van der Waals surface area contributed by atoms with Crippen molar-refractivity contribution in [2.24, 2.45) is 0 Å². The zero-order valence-electron chi connectivity index (χ0n) is 21.6. The molecule has 7 nitrogen and oxygen atoms in total. The van der Waals surface area contributed by atoms with Gasteiger partial charge in [0.25, 0.3) is 10.0 Å². The third kappa shape index (κ3) is 7.54. The maximum atomic E-state index is 13.9. The van der Waals surface area contributed by atoms with Crippen molar-refractivity contribution < 1.29 is 26.8 Å². The molecule has 0 saturated carbocycles. The van der Waals surface area contributed by atoms with Gasteiger partial charge < -0.3 is 10.2 Å². The number of rotatable bonds is 12. The standard InChI is InChI=1S/C28H30ClF2N3O4S/c1-3-16-32-28(36)26(4-2)33(18-20-10-12-21(30)13-11-20)27(35)19-34(22-14-15-25(31)24(29)17-22)39(37,38)23-8-6-5-7-9-23/h5-15,17,26H,3-4,16,18-19H2,1-2H3,(H,32,36). The van der Waals surface area contributed by atoms with Gasteiger partial charge in [0.1, 0.15) is 24.2 Å². The number of amides is 2. The SMILES string of the molecule is CCCNC(=O)C(CC)N(Cc1ccc(F)cc1)C(=O)CN(c1ccc(F)c(Cl)c1)S(=O)(=O)c1ccccc1. The molecule has 0 saturated heterocycles. The van der Waals surface area contributed by atoms with Crippen molar-refractivity contribution in [1.29, 1.82) is 0 Å². The molecule has 0 aliphatic rings. The Morgan fingerprint density at radius 1 is 0.974 bits per heavy atom. The van der Waals surface area contributed by atoms with Gasteiger partial charge in [-0.1, -0.05) is 55.8 Å². The zero-order chi connectivity index (χ0) is 28.6. The summed E-state index contributed by atoms with van der Waals surface area (Å²) < 4.78 is 55.7. The lowest BCUT2D eigenvalue weighted by molar-refractivity contribution is -0.140. The fraction of sp³-hybridized carbons (Fsp3) is 0.286. The van der Waals surface area contributed by atoms with Gasteiger partial charge in [0.2, 0.25) is 11.8 Å². The Kier molecular flexibility index (Phi) is 10.4. The summed E-state index contributed by atoms with van der Waals surface area (Å²) in [6.07, 6.45) is 0.929. The van der Waals surface area contributed by atoms with Crippen LogP contribution in [0.4, 0.5) is 14.5 Å². The molecule has 1 unspecified atom stereocenters. The number of nitrogens with zero attached hydrogens (tertiary/aromatic N) is 2. The van der Waals surface area contributed by atoms with E-state index in [4.69, 9.17) is 11.6 Å². The molecular weight excluding hydrogens is 548 g/mol. The van der Waals surface area contributed by atoms with Crippen LogP contribution in [0.3, 0.4) is 0 Å². The molecule has 0 aliphatic carbocycles. The smallest absolute Gasteiger partial charge is 0.264 e. The van der Waals surface area contributed by atoms with E-state index < -0.39 is 46.1 Å². The molecule has 11 heteroatoms. The quantitative estimate of drug-likeness (QED) is 0.323. The van der Waals surface area contributed by atoms with E-state index in [1.165, 1.54) is 59.5 Å². The molecule has 2 amide bonds. The predicted octanol–water partition coefficient (Wildman–Crippen LogP) is 5.15. The lowest BCUT2D eigenvalue weighted by Gasteiger charge is -2.33. The third-order valence-corrected chi connectivity index (χ3v) is 8.08. The molecular formula is C28H30ClF2N3O4S. The van der Waals surface area contributed by atoms with Crippen molar-refractivity contribution in [3.05, 3.63) is 95.0 Å². The zero-order valence-corrected chi connectivity index (χ0v) is 23.2. The van der Waals surface area contributed by atoms with Crippen LogP contribution in [0.25, 0.3) is 0 Å². The molecule has 0 radical (unpaired) electrons. The molecule has 0 heterocycles. The number of hydrogen-bond donors (Lipinski definition) is 1. The highest BCUT2D eigenvalue weighted by Crippen LogP contribution is 2.28. The average Bonchev–Trinajstić information content (AvgIpc) is 2.93. The molecule has 1 atom stereocenters. The maximum absolute atomic E-state index is 13.9. The Labute approximate surface area is 232 Å². The molecule has 3 aromatic rings. The highest BCUT2D eigenvalue weighted by molar-refractivity contribution is 7.92. The Balaban J connectivity index is 2.06. The molecule has 1 N–H and O–H groups in total. The summed E-state index contributed by atoms with van der Waals surface area (Å²) in [6, 6.07) is 15.4. The first kappa shape index (κ1) is 30.0. The van der Waals surface area contributed by atoms with E-state index in [-0.39, 0.29) is 28.6 Å². The molecule has 3 rings (SSSR count). The summed E-state index contributed by atoms with van der Waals surface area (Å²) in [5.74, 6) is -2.28. The van der Waals surface area contributed by atoms with Gasteiger partial charge >= 0.3 is 0 Å². The number of sulfonamides is 1. The Morgan fingerprint density at radius 2 is 1.64 bits per heavy atom. The van der Waals surface area contributed by atoms with Gasteiger partial charge in [-0.15, -0.1) is 0 Å². The molecule has 39 heavy (non-hydrogen) atoms. The first-order valence-corrected chi connectivity index (χ1v) is 14.2. The van der Waals surface area contributed by atoms with Crippen molar-refractivity contribution in [3.8, 4) is 0 Å². The number of halogens is 3. The summed E-state index contributed by atoms with van der Waals surface area (Å²) >= 11 is 5.96. The minimum atomic E-state index is -4.30. The lowest BCUT2D eigenvalue weighted by Crippen LogP contribution is -2.52. The summed E-state index contributed by atoms with van der Waals surface area (Å²) in [7, 11) is -4.30. The van der Waals surface area contributed by atoms with E-state index >= 15 is 0 Å². The first-order chi connectivity index (χ1) is 18.6. The first-order valence-electron chi connectivity index (χ1n) is 12.4. The number of nitrogens with one attached hydrogen (secondary N) is 1. The van der Waals surface area contributed by atoms with Crippen molar-refractivity contribution in [2.75, 3.05) is 17.4 Å². The van der Waals surface area contributed by atoms with E-state index in [9.17, 15) is 26.8 Å². The largest absolute Gasteiger partial charge is 0.354 e. The van der Waals surface area contributed by atoms with Crippen LogP contribution in [0.5, 0.6) is 0 Å². The molecule has 3 aromatic carbocycles. The summed E-state index contributed by atoms with van der Waals surface area (Å²) in [4.78, 5) is 28.1. The van der Waals surface area contributed by atoms with E-state index in [1.54, 1.807) is 13.0 Å². The van der Waals surface area contributed by atoms with Crippen LogP contribution in [0, 0.1) is 11.6 Å². The number of anilines is 1. The second-order valence-corrected chi connectivity index (χ2v) is 11.1. The normalized spacial score (nSPS) is 12.0. The Bertz CT molecular complexity index is 1390. The predicted molar refractivity (Wildman–Crippen MR) is 147 cm³/mol. The second kappa shape index (κ2) is 13.5. The van der Waals surface area contributed by atoms with Crippen LogP contribution in [0.1, 0.15) is 32.3 Å². The number of carbonyl (C=O) groups excluding carboxylic acids is 2. The highest BCUT2D eigenvalue weighted by atomic mass is 35.5. The van der Waals surface area contributed by atoms with Gasteiger partial charge in [0.05, 0.1) is 15.6 Å². The number of carbonyl (C=O) groups is 2. The number of benzene rings is 3. The van der Waals surface area contributed by atoms with Gasteiger partial charge in [-0.05, 0) is 60.9 Å². The molecule has 0 aromatic heterocycles. The topological polar surface area (TPSA) is 86.8 Å². The van der Waals surface area contributed by atoms with Crippen LogP contribution < -0.4 is 9.62 Å². The average molecular weight is 578 g/mol. The fourth-order valence-electron chi connectivity index (χ4n) is 3.96. The summed E-state index contributed by atoms with van der Waals surface area (Å²) in [6.45, 7) is 3.26. The van der Waals surface area contributed by atoms with Crippen LogP contribution in [0.15, 0.2) is 77.7 Å². The fourth-order valence-corrected chi connectivity index (χ4v) is 5.56. The van der Waals surface area contributed by atoms with Gasteiger partial charge in [-0.2, -0.15) is 0 Å². The van der Waals surface area contributed by atoms with Crippen molar-refractivity contribution in [1.82, 2.24) is 10.2 Å². The molecule has 208 valence electrons. The van der Waals surface area contributed by atoms with E-state index in [1.807, 2.05) is 6.92 Å². The van der Waals surface area contributed by atoms with Crippen LogP contribution in [-0.2, 0) is 26.2 Å². The van der Waals surface area contributed by atoms with Gasteiger partial charge in [0.15, 0.2) is 0 Å². The van der Waals surface area contributed by atoms with Crippen LogP contribution >= 0.6 is 11.6 Å². The second-order valence-electron chi connectivity index (χ2n) is 8.79. The minimum Gasteiger partial charge on any atom is -0.354 e.